The van der Waals surface area contributed by atoms with E-state index in [0.29, 0.717) is 23.6 Å². The van der Waals surface area contributed by atoms with Crippen LogP contribution in [0.1, 0.15) is 58.9 Å². The number of ether oxygens (including phenoxy) is 1. The van der Waals surface area contributed by atoms with Crippen LogP contribution in [-0.2, 0) is 6.54 Å². The van der Waals surface area contributed by atoms with Crippen LogP contribution in [0.3, 0.4) is 0 Å². The Labute approximate surface area is 210 Å². The van der Waals surface area contributed by atoms with Crippen molar-refractivity contribution in [3.05, 3.63) is 83.4 Å². The largest absolute Gasteiger partial charge is 0.497 e. The second-order valence-electron chi connectivity index (χ2n) is 9.37. The maximum atomic E-state index is 13.8. The Bertz CT molecular complexity index is 1260. The Morgan fingerprint density at radius 1 is 1.03 bits per heavy atom. The molecule has 2 aliphatic rings. The molecule has 1 aliphatic carbocycles. The van der Waals surface area contributed by atoms with E-state index in [1.54, 1.807) is 23.8 Å². The van der Waals surface area contributed by atoms with E-state index in [2.05, 4.69) is 12.2 Å². The number of anilines is 1. The Balaban J connectivity index is 1.51. The van der Waals surface area contributed by atoms with Gasteiger partial charge in [-0.25, -0.2) is 0 Å². The number of hydrogen-bond donors (Lipinski definition) is 1. The number of rotatable bonds is 5. The molecule has 180 valence electrons. The van der Waals surface area contributed by atoms with Gasteiger partial charge in [-0.05, 0) is 66.8 Å². The fourth-order valence-corrected chi connectivity index (χ4v) is 6.01. The van der Waals surface area contributed by atoms with Gasteiger partial charge in [0.2, 0.25) is 0 Å². The van der Waals surface area contributed by atoms with E-state index in [0.717, 1.165) is 46.1 Å². The van der Waals surface area contributed by atoms with Gasteiger partial charge in [-0.15, -0.1) is 0 Å². The van der Waals surface area contributed by atoms with Crippen LogP contribution < -0.4 is 15.0 Å². The molecule has 6 heteroatoms. The maximum Gasteiger partial charge on any atom is 0.259 e. The summed E-state index contributed by atoms with van der Waals surface area (Å²) in [7, 11) is 1.64. The first-order chi connectivity index (χ1) is 17.0. The van der Waals surface area contributed by atoms with Gasteiger partial charge in [0, 0.05) is 21.4 Å². The minimum Gasteiger partial charge on any atom is -0.497 e. The molecule has 2 amide bonds. The van der Waals surface area contributed by atoms with Crippen molar-refractivity contribution in [1.29, 1.82) is 0 Å². The lowest BCUT2D eigenvalue weighted by molar-refractivity contribution is 0.0908. The second kappa shape index (κ2) is 10.2. The number of nitrogens with one attached hydrogen (secondary N) is 1. The number of fused-ring (bicyclic) bond motifs is 2. The van der Waals surface area contributed by atoms with Crippen LogP contribution in [0, 0.1) is 5.92 Å². The van der Waals surface area contributed by atoms with E-state index in [1.165, 1.54) is 6.42 Å². The van der Waals surface area contributed by atoms with E-state index < -0.39 is 0 Å². The Morgan fingerprint density at radius 2 is 1.86 bits per heavy atom. The standard InChI is InChI=1S/C29H30N2O3S/c1-19-8-3-5-12-24(19)30-28(32)21-14-15-27-25(17-21)31(18-20-9-7-10-22(16-20)34-2)29(33)23-11-4-6-13-26(23)35-27/h4,6-7,9-11,13-17,19,24H,3,5,8,12,18H2,1-2H3,(H,30,32)/t19-,24-/m1/s1. The zero-order chi connectivity index (χ0) is 24.4. The van der Waals surface area contributed by atoms with Gasteiger partial charge in [0.05, 0.1) is 24.9 Å². The van der Waals surface area contributed by atoms with Crippen molar-refractivity contribution in [2.24, 2.45) is 5.92 Å². The third kappa shape index (κ3) is 4.94. The zero-order valence-electron chi connectivity index (χ0n) is 20.1. The van der Waals surface area contributed by atoms with Crippen LogP contribution in [0.2, 0.25) is 0 Å². The number of hydrogen-bond acceptors (Lipinski definition) is 4. The lowest BCUT2D eigenvalue weighted by atomic mass is 9.86. The van der Waals surface area contributed by atoms with Crippen molar-refractivity contribution < 1.29 is 14.3 Å². The van der Waals surface area contributed by atoms with Gasteiger partial charge in [-0.3, -0.25) is 9.59 Å². The van der Waals surface area contributed by atoms with Crippen molar-refractivity contribution in [2.75, 3.05) is 12.0 Å². The Morgan fingerprint density at radius 3 is 2.69 bits per heavy atom. The van der Waals surface area contributed by atoms with Gasteiger partial charge in [-0.2, -0.15) is 0 Å². The molecular weight excluding hydrogens is 456 g/mol. The summed E-state index contributed by atoms with van der Waals surface area (Å²) in [6, 6.07) is 21.3. The van der Waals surface area contributed by atoms with Crippen LogP contribution in [0.4, 0.5) is 5.69 Å². The first-order valence-corrected chi connectivity index (χ1v) is 13.0. The SMILES string of the molecule is COc1cccc(CN2C(=O)c3ccccc3Sc3ccc(C(=O)N[C@@H]4CCCC[C@H]4C)cc32)c1. The van der Waals surface area contributed by atoms with Crippen molar-refractivity contribution in [2.45, 2.75) is 55.0 Å². The molecule has 1 heterocycles. The summed E-state index contributed by atoms with van der Waals surface area (Å²) < 4.78 is 5.39. The molecule has 0 radical (unpaired) electrons. The summed E-state index contributed by atoms with van der Waals surface area (Å²) in [5.74, 6) is 1.07. The highest BCUT2D eigenvalue weighted by atomic mass is 32.2. The molecule has 1 aliphatic heterocycles. The summed E-state index contributed by atoms with van der Waals surface area (Å²) in [5, 5.41) is 3.25. The summed E-state index contributed by atoms with van der Waals surface area (Å²) in [4.78, 5) is 30.7. The summed E-state index contributed by atoms with van der Waals surface area (Å²) in [6.07, 6.45) is 4.54. The molecule has 0 bridgehead atoms. The van der Waals surface area contributed by atoms with E-state index >= 15 is 0 Å². The molecule has 5 nitrogen and oxygen atoms in total. The fraction of sp³-hybridized carbons (Fsp3) is 0.310. The third-order valence-corrected chi connectivity index (χ3v) is 8.14. The molecule has 1 saturated carbocycles. The van der Waals surface area contributed by atoms with Gasteiger partial charge < -0.3 is 15.0 Å². The third-order valence-electron chi connectivity index (χ3n) is 7.00. The average molecular weight is 487 g/mol. The highest BCUT2D eigenvalue weighted by molar-refractivity contribution is 7.99. The summed E-state index contributed by atoms with van der Waals surface area (Å²) in [5.41, 5.74) is 2.96. The molecule has 3 aromatic rings. The van der Waals surface area contributed by atoms with Crippen molar-refractivity contribution in [3.63, 3.8) is 0 Å². The molecule has 0 spiro atoms. The van der Waals surface area contributed by atoms with Crippen LogP contribution in [0.15, 0.2) is 76.5 Å². The number of carbonyl (C=O) groups is 2. The van der Waals surface area contributed by atoms with Crippen LogP contribution >= 0.6 is 11.8 Å². The topological polar surface area (TPSA) is 58.6 Å². The fourth-order valence-electron chi connectivity index (χ4n) is 4.95. The van der Waals surface area contributed by atoms with Gasteiger partial charge in [0.1, 0.15) is 5.75 Å². The van der Waals surface area contributed by atoms with Crippen LogP contribution in [0.5, 0.6) is 5.75 Å². The minimum atomic E-state index is -0.0768. The lowest BCUT2D eigenvalue weighted by Crippen LogP contribution is -2.41. The average Bonchev–Trinajstić information content (AvgIpc) is 2.99. The summed E-state index contributed by atoms with van der Waals surface area (Å²) >= 11 is 1.57. The monoisotopic (exact) mass is 486 g/mol. The first-order valence-electron chi connectivity index (χ1n) is 12.2. The molecular formula is C29H30N2O3S. The number of carbonyl (C=O) groups excluding carboxylic acids is 2. The number of nitrogens with zero attached hydrogens (tertiary/aromatic N) is 1. The first kappa shape index (κ1) is 23.5. The quantitative estimate of drug-likeness (QED) is 0.459. The maximum absolute atomic E-state index is 13.8. The smallest absolute Gasteiger partial charge is 0.259 e. The minimum absolute atomic E-state index is 0.0758. The number of methoxy groups -OCH3 is 1. The van der Waals surface area contributed by atoms with Crippen molar-refractivity contribution in [3.8, 4) is 5.75 Å². The molecule has 1 fully saturated rings. The van der Waals surface area contributed by atoms with E-state index in [-0.39, 0.29) is 17.9 Å². The molecule has 35 heavy (non-hydrogen) atoms. The van der Waals surface area contributed by atoms with Crippen molar-refractivity contribution in [1.82, 2.24) is 5.32 Å². The molecule has 0 aromatic heterocycles. The molecule has 1 N–H and O–H groups in total. The highest BCUT2D eigenvalue weighted by Crippen LogP contribution is 2.42. The van der Waals surface area contributed by atoms with E-state index in [4.69, 9.17) is 4.74 Å². The Kier molecular flexibility index (Phi) is 6.82. The number of amides is 2. The molecule has 5 rings (SSSR count). The van der Waals surface area contributed by atoms with Gasteiger partial charge >= 0.3 is 0 Å². The van der Waals surface area contributed by atoms with Gasteiger partial charge in [-0.1, -0.05) is 55.8 Å². The highest BCUT2D eigenvalue weighted by Gasteiger charge is 2.29. The van der Waals surface area contributed by atoms with E-state index in [9.17, 15) is 9.59 Å². The lowest BCUT2D eigenvalue weighted by Gasteiger charge is -2.29. The van der Waals surface area contributed by atoms with E-state index in [1.807, 2.05) is 66.7 Å². The van der Waals surface area contributed by atoms with Crippen LogP contribution in [0.25, 0.3) is 0 Å². The molecule has 3 aromatic carbocycles. The van der Waals surface area contributed by atoms with Crippen molar-refractivity contribution >= 4 is 29.3 Å². The van der Waals surface area contributed by atoms with Gasteiger partial charge in [0.15, 0.2) is 0 Å². The van der Waals surface area contributed by atoms with Gasteiger partial charge in [0.25, 0.3) is 11.8 Å². The zero-order valence-corrected chi connectivity index (χ0v) is 20.9. The molecule has 0 saturated heterocycles. The normalized spacial score (nSPS) is 19.4. The molecule has 2 atom stereocenters. The Hall–Kier alpha value is -3.25. The molecule has 0 unspecified atom stereocenters. The second-order valence-corrected chi connectivity index (χ2v) is 10.4. The predicted octanol–water partition coefficient (Wildman–Crippen LogP) is 6.32. The van der Waals surface area contributed by atoms with Crippen LogP contribution in [-0.4, -0.2) is 25.0 Å². The predicted molar refractivity (Wildman–Crippen MR) is 139 cm³/mol. The number of benzene rings is 3. The summed E-state index contributed by atoms with van der Waals surface area (Å²) in [6.45, 7) is 2.59.